The molecule has 0 saturated heterocycles. The van der Waals surface area contributed by atoms with Gasteiger partial charge in [-0.1, -0.05) is 24.3 Å². The van der Waals surface area contributed by atoms with Crippen molar-refractivity contribution in [2.24, 2.45) is 0 Å². The fourth-order valence-corrected chi connectivity index (χ4v) is 2.39. The number of nitrogens with zero attached hydrogens (tertiary/aromatic N) is 3. The van der Waals surface area contributed by atoms with E-state index in [0.29, 0.717) is 30.5 Å². The number of ether oxygens (including phenoxy) is 1. The van der Waals surface area contributed by atoms with E-state index >= 15 is 0 Å². The number of hydrogen-bond acceptors (Lipinski definition) is 6. The summed E-state index contributed by atoms with van der Waals surface area (Å²) in [6.07, 6.45) is 1.31. The van der Waals surface area contributed by atoms with Crippen molar-refractivity contribution in [2.75, 3.05) is 25.1 Å². The molecule has 0 radical (unpaired) electrons. The van der Waals surface area contributed by atoms with Crippen LogP contribution in [0.15, 0.2) is 58.5 Å². The molecule has 2 aromatic carbocycles. The summed E-state index contributed by atoms with van der Waals surface area (Å²) in [7, 11) is 1.87. The number of hydrogen-bond donors (Lipinski definition) is 1. The molecule has 0 spiro atoms. The molecule has 0 saturated carbocycles. The second-order valence-electron chi connectivity index (χ2n) is 5.78. The number of fused-ring (bicyclic) bond motifs is 1. The Bertz CT molecular complexity index is 983. The van der Waals surface area contributed by atoms with Gasteiger partial charge < -0.3 is 19.2 Å². The maximum absolute atomic E-state index is 10.8. The summed E-state index contributed by atoms with van der Waals surface area (Å²) in [5, 5.41) is 17.6. The Balaban J connectivity index is 1.55. The lowest BCUT2D eigenvalue weighted by atomic mass is 10.1. The monoisotopic (exact) mass is 363 g/mol. The van der Waals surface area contributed by atoms with Crippen LogP contribution in [-0.4, -0.2) is 36.3 Å². The lowest BCUT2D eigenvalue weighted by Gasteiger charge is -2.14. The van der Waals surface area contributed by atoms with Crippen molar-refractivity contribution in [1.82, 2.24) is 4.98 Å². The second kappa shape index (κ2) is 8.06. The molecule has 0 aliphatic heterocycles. The average molecular weight is 363 g/mol. The highest BCUT2D eigenvalue weighted by molar-refractivity contribution is 5.96. The van der Waals surface area contributed by atoms with Crippen molar-refractivity contribution in [2.45, 2.75) is 0 Å². The average Bonchev–Trinajstić information content (AvgIpc) is 3.11. The third-order valence-electron chi connectivity index (χ3n) is 3.85. The van der Waals surface area contributed by atoms with Gasteiger partial charge in [0.05, 0.1) is 6.54 Å². The Labute approximate surface area is 155 Å². The molecule has 0 atom stereocenters. The summed E-state index contributed by atoms with van der Waals surface area (Å²) in [6, 6.07) is 16.6. The molecule has 1 N–H and O–H groups in total. The summed E-state index contributed by atoms with van der Waals surface area (Å²) >= 11 is 0. The quantitative estimate of drug-likeness (QED) is 0.507. The number of anilines is 1. The van der Waals surface area contributed by atoms with Crippen LogP contribution >= 0.6 is 0 Å². The number of aromatic nitrogens is 1. The number of carbonyl (C=O) groups is 1. The fourth-order valence-electron chi connectivity index (χ4n) is 2.39. The number of carboxylic acids is 1. The van der Waals surface area contributed by atoms with E-state index in [1.807, 2.05) is 36.2 Å². The molecule has 1 heterocycles. The van der Waals surface area contributed by atoms with Gasteiger partial charge in [-0.05, 0) is 35.9 Å². The molecule has 0 aliphatic carbocycles. The van der Waals surface area contributed by atoms with Gasteiger partial charge in [0.15, 0.2) is 5.58 Å². The number of nitriles is 1. The number of benzene rings is 2. The maximum Gasteiger partial charge on any atom is 0.346 e. The molecule has 0 fully saturated rings. The Hall–Kier alpha value is -3.79. The molecule has 3 aromatic rings. The second-order valence-corrected chi connectivity index (χ2v) is 5.78. The summed E-state index contributed by atoms with van der Waals surface area (Å²) in [5.41, 5.74) is 1.84. The van der Waals surface area contributed by atoms with E-state index < -0.39 is 5.97 Å². The third-order valence-corrected chi connectivity index (χ3v) is 3.85. The lowest BCUT2D eigenvalue weighted by Crippen LogP contribution is -2.23. The molecular weight excluding hydrogens is 346 g/mol. The van der Waals surface area contributed by atoms with E-state index in [1.165, 1.54) is 6.08 Å². The van der Waals surface area contributed by atoms with Crippen molar-refractivity contribution in [3.05, 3.63) is 59.7 Å². The highest BCUT2D eigenvalue weighted by Gasteiger charge is 2.10. The van der Waals surface area contributed by atoms with Crippen LogP contribution in [0, 0.1) is 11.3 Å². The van der Waals surface area contributed by atoms with Crippen LogP contribution in [0.4, 0.5) is 6.01 Å². The SMILES string of the molecule is CN(CCOc1ccc(C=C(C#N)C(=O)O)cc1)c1nc2ccccc2o1. The van der Waals surface area contributed by atoms with Crippen LogP contribution in [0.25, 0.3) is 17.2 Å². The number of para-hydroxylation sites is 2. The van der Waals surface area contributed by atoms with Crippen molar-refractivity contribution >= 4 is 29.2 Å². The summed E-state index contributed by atoms with van der Waals surface area (Å²) in [6.45, 7) is 0.995. The summed E-state index contributed by atoms with van der Waals surface area (Å²) < 4.78 is 11.4. The molecule has 7 heteroatoms. The van der Waals surface area contributed by atoms with Crippen molar-refractivity contribution in [1.29, 1.82) is 5.26 Å². The summed E-state index contributed by atoms with van der Waals surface area (Å²) in [4.78, 5) is 17.1. The Morgan fingerprint density at radius 3 is 2.70 bits per heavy atom. The highest BCUT2D eigenvalue weighted by Crippen LogP contribution is 2.20. The first kappa shape index (κ1) is 18.0. The molecule has 0 unspecified atom stereocenters. The van der Waals surface area contributed by atoms with Crippen LogP contribution in [0.1, 0.15) is 5.56 Å². The first-order valence-corrected chi connectivity index (χ1v) is 8.21. The zero-order valence-corrected chi connectivity index (χ0v) is 14.6. The van der Waals surface area contributed by atoms with Crippen LogP contribution < -0.4 is 9.64 Å². The van der Waals surface area contributed by atoms with E-state index in [2.05, 4.69) is 4.98 Å². The molecule has 0 amide bonds. The van der Waals surface area contributed by atoms with Gasteiger partial charge in [-0.3, -0.25) is 0 Å². The minimum atomic E-state index is -1.25. The van der Waals surface area contributed by atoms with Gasteiger partial charge in [-0.2, -0.15) is 10.2 Å². The van der Waals surface area contributed by atoms with Gasteiger partial charge in [0.1, 0.15) is 29.5 Å². The zero-order valence-electron chi connectivity index (χ0n) is 14.6. The van der Waals surface area contributed by atoms with Crippen LogP contribution in [0.2, 0.25) is 0 Å². The molecule has 0 bridgehead atoms. The first-order chi connectivity index (χ1) is 13.1. The molecule has 7 nitrogen and oxygen atoms in total. The Morgan fingerprint density at radius 1 is 1.30 bits per heavy atom. The van der Waals surface area contributed by atoms with Crippen LogP contribution in [-0.2, 0) is 4.79 Å². The summed E-state index contributed by atoms with van der Waals surface area (Å²) in [5.74, 6) is -0.605. The Kier molecular flexibility index (Phi) is 5.38. The van der Waals surface area contributed by atoms with Gasteiger partial charge in [0.2, 0.25) is 0 Å². The fraction of sp³-hybridized carbons (Fsp3) is 0.150. The van der Waals surface area contributed by atoms with Crippen molar-refractivity contribution < 1.29 is 19.1 Å². The van der Waals surface area contributed by atoms with Crippen molar-refractivity contribution in [3.63, 3.8) is 0 Å². The van der Waals surface area contributed by atoms with Gasteiger partial charge in [0, 0.05) is 7.05 Å². The smallest absolute Gasteiger partial charge is 0.346 e. The minimum absolute atomic E-state index is 0.316. The molecule has 1 aromatic heterocycles. The van der Waals surface area contributed by atoms with Gasteiger partial charge in [0.25, 0.3) is 6.01 Å². The zero-order chi connectivity index (χ0) is 19.2. The highest BCUT2D eigenvalue weighted by atomic mass is 16.5. The lowest BCUT2D eigenvalue weighted by molar-refractivity contribution is -0.132. The number of carboxylic acid groups (broad SMARTS) is 1. The van der Waals surface area contributed by atoms with Crippen molar-refractivity contribution in [3.8, 4) is 11.8 Å². The topological polar surface area (TPSA) is 99.6 Å². The Morgan fingerprint density at radius 2 is 2.04 bits per heavy atom. The molecule has 0 aliphatic rings. The molecule has 3 rings (SSSR count). The predicted molar refractivity (Wildman–Crippen MR) is 100 cm³/mol. The van der Waals surface area contributed by atoms with E-state index in [1.54, 1.807) is 30.3 Å². The van der Waals surface area contributed by atoms with E-state index in [4.69, 9.17) is 19.5 Å². The molecule has 27 heavy (non-hydrogen) atoms. The number of oxazole rings is 1. The van der Waals surface area contributed by atoms with Gasteiger partial charge >= 0.3 is 5.97 Å². The standard InChI is InChI=1S/C20H17N3O4/c1-23(20-22-17-4-2-3-5-18(17)27-20)10-11-26-16-8-6-14(7-9-16)12-15(13-21)19(24)25/h2-9,12H,10-11H2,1H3,(H,24,25). The third kappa shape index (κ3) is 4.44. The van der Waals surface area contributed by atoms with Gasteiger partial charge in [-0.25, -0.2) is 4.79 Å². The number of likely N-dealkylation sites (N-methyl/N-ethyl adjacent to an activating group) is 1. The van der Waals surface area contributed by atoms with E-state index in [9.17, 15) is 4.79 Å². The normalized spacial score (nSPS) is 11.2. The van der Waals surface area contributed by atoms with Crippen LogP contribution in [0.3, 0.4) is 0 Å². The number of rotatable bonds is 7. The minimum Gasteiger partial charge on any atom is -0.492 e. The van der Waals surface area contributed by atoms with E-state index in [-0.39, 0.29) is 5.57 Å². The largest absolute Gasteiger partial charge is 0.492 e. The first-order valence-electron chi connectivity index (χ1n) is 8.21. The van der Waals surface area contributed by atoms with E-state index in [0.717, 1.165) is 11.1 Å². The number of aliphatic carboxylic acids is 1. The molecule has 136 valence electrons. The van der Waals surface area contributed by atoms with Gasteiger partial charge in [-0.15, -0.1) is 0 Å². The maximum atomic E-state index is 10.8. The molecular formula is C20H17N3O4. The predicted octanol–water partition coefficient (Wildman–Crippen LogP) is 3.33. The van der Waals surface area contributed by atoms with Crippen LogP contribution in [0.5, 0.6) is 5.75 Å².